The highest BCUT2D eigenvalue weighted by Gasteiger charge is 2.20. The van der Waals surface area contributed by atoms with Gasteiger partial charge in [0.1, 0.15) is 0 Å². The molecule has 1 aliphatic heterocycles. The Morgan fingerprint density at radius 3 is 2.95 bits per heavy atom. The summed E-state index contributed by atoms with van der Waals surface area (Å²) in [6.45, 7) is 5.18. The molecule has 4 heteroatoms. The van der Waals surface area contributed by atoms with E-state index in [1.165, 1.54) is 24.0 Å². The van der Waals surface area contributed by atoms with Crippen molar-refractivity contribution in [3.05, 3.63) is 53.7 Å². The minimum absolute atomic E-state index is 0.514. The second-order valence-corrected chi connectivity index (χ2v) is 5.67. The zero-order chi connectivity index (χ0) is 14.5. The molecule has 1 saturated heterocycles. The van der Waals surface area contributed by atoms with Crippen LogP contribution in [0.2, 0.25) is 0 Å². The van der Waals surface area contributed by atoms with Gasteiger partial charge in [-0.2, -0.15) is 5.10 Å². The summed E-state index contributed by atoms with van der Waals surface area (Å²) in [6.07, 6.45) is 4.14. The Morgan fingerprint density at radius 2 is 2.14 bits per heavy atom. The fourth-order valence-corrected chi connectivity index (χ4v) is 2.88. The number of anilines is 1. The van der Waals surface area contributed by atoms with E-state index in [0.717, 1.165) is 25.5 Å². The Kier molecular flexibility index (Phi) is 4.46. The Balaban J connectivity index is 1.58. The summed E-state index contributed by atoms with van der Waals surface area (Å²) in [5, 5.41) is 11.9. The van der Waals surface area contributed by atoms with Crippen LogP contribution >= 0.6 is 0 Å². The van der Waals surface area contributed by atoms with Crippen LogP contribution in [0.1, 0.15) is 24.0 Å². The Bertz CT molecular complexity index is 570. The number of nitrogens with zero attached hydrogens (tertiary/aromatic N) is 3. The Morgan fingerprint density at radius 1 is 1.24 bits per heavy atom. The van der Waals surface area contributed by atoms with Crippen molar-refractivity contribution in [1.29, 1.82) is 0 Å². The van der Waals surface area contributed by atoms with Gasteiger partial charge >= 0.3 is 0 Å². The largest absolute Gasteiger partial charge is 0.354 e. The molecule has 0 spiro atoms. The lowest BCUT2D eigenvalue weighted by atomic mass is 10.0. The monoisotopic (exact) mass is 282 g/mol. The first kappa shape index (κ1) is 14.0. The minimum Gasteiger partial charge on any atom is -0.354 e. The van der Waals surface area contributed by atoms with E-state index in [4.69, 9.17) is 0 Å². The van der Waals surface area contributed by atoms with Crippen molar-refractivity contribution in [3.8, 4) is 0 Å². The molecule has 0 radical (unpaired) electrons. The number of aromatic nitrogens is 2. The molecule has 0 bridgehead atoms. The van der Waals surface area contributed by atoms with Crippen LogP contribution in [0.3, 0.4) is 0 Å². The smallest absolute Gasteiger partial charge is 0.151 e. The van der Waals surface area contributed by atoms with Gasteiger partial charge in [0.05, 0.1) is 0 Å². The van der Waals surface area contributed by atoms with Crippen LogP contribution in [0.4, 0.5) is 5.82 Å². The highest BCUT2D eigenvalue weighted by atomic mass is 15.3. The summed E-state index contributed by atoms with van der Waals surface area (Å²) < 4.78 is 0. The summed E-state index contributed by atoms with van der Waals surface area (Å²) in [4.78, 5) is 2.33. The van der Waals surface area contributed by atoms with E-state index in [9.17, 15) is 0 Å². The van der Waals surface area contributed by atoms with Crippen molar-refractivity contribution < 1.29 is 0 Å². The number of hydrogen-bond acceptors (Lipinski definition) is 4. The van der Waals surface area contributed by atoms with Crippen molar-refractivity contribution in [2.45, 2.75) is 32.4 Å². The van der Waals surface area contributed by atoms with Gasteiger partial charge in [-0.25, -0.2) is 0 Å². The second kappa shape index (κ2) is 6.68. The number of hydrogen-bond donors (Lipinski definition) is 1. The van der Waals surface area contributed by atoms with Crippen LogP contribution in [0.15, 0.2) is 42.6 Å². The highest BCUT2D eigenvalue weighted by Crippen LogP contribution is 2.17. The van der Waals surface area contributed by atoms with Gasteiger partial charge in [-0.1, -0.05) is 24.3 Å². The molecule has 1 fully saturated rings. The molecule has 3 rings (SSSR count). The van der Waals surface area contributed by atoms with Gasteiger partial charge in [-0.05, 0) is 43.0 Å². The highest BCUT2D eigenvalue weighted by molar-refractivity contribution is 5.37. The summed E-state index contributed by atoms with van der Waals surface area (Å²) in [6, 6.07) is 13.1. The van der Waals surface area contributed by atoms with Gasteiger partial charge in [-0.3, -0.25) is 0 Å². The maximum absolute atomic E-state index is 4.22. The molecule has 0 saturated carbocycles. The molecule has 1 aliphatic rings. The normalized spacial score (nSPS) is 18.7. The van der Waals surface area contributed by atoms with Crippen LogP contribution < -0.4 is 10.2 Å². The quantitative estimate of drug-likeness (QED) is 0.935. The van der Waals surface area contributed by atoms with E-state index in [0.29, 0.717) is 6.04 Å². The van der Waals surface area contributed by atoms with Crippen molar-refractivity contribution in [2.24, 2.45) is 0 Å². The van der Waals surface area contributed by atoms with Crippen LogP contribution in [-0.2, 0) is 6.54 Å². The molecule has 0 amide bonds. The fraction of sp³-hybridized carbons (Fsp3) is 0.412. The predicted octanol–water partition coefficient (Wildman–Crippen LogP) is 2.54. The number of rotatable bonds is 4. The van der Waals surface area contributed by atoms with Crippen molar-refractivity contribution in [1.82, 2.24) is 15.5 Å². The van der Waals surface area contributed by atoms with E-state index in [1.54, 1.807) is 6.20 Å². The molecular weight excluding hydrogens is 260 g/mol. The second-order valence-electron chi connectivity index (χ2n) is 5.67. The Hall–Kier alpha value is -1.94. The number of nitrogens with one attached hydrogen (secondary N) is 1. The molecular formula is C17H22N4. The summed E-state index contributed by atoms with van der Waals surface area (Å²) in [5.41, 5.74) is 2.74. The first-order valence-electron chi connectivity index (χ1n) is 7.63. The third-order valence-electron chi connectivity index (χ3n) is 4.15. The molecule has 1 N–H and O–H groups in total. The maximum atomic E-state index is 4.22. The molecule has 1 atom stereocenters. The molecule has 21 heavy (non-hydrogen) atoms. The summed E-state index contributed by atoms with van der Waals surface area (Å²) in [7, 11) is 0. The SMILES string of the molecule is Cc1ccccc1CNC1CCCN(c2cccnn2)C1. The third kappa shape index (κ3) is 3.58. The molecule has 110 valence electrons. The standard InChI is InChI=1S/C17H22N4/c1-14-6-2-3-7-15(14)12-18-16-8-5-11-21(13-16)17-9-4-10-19-20-17/h2-4,6-7,9-10,16,18H,5,8,11-13H2,1H3. The van der Waals surface area contributed by atoms with Crippen LogP contribution in [0.25, 0.3) is 0 Å². The van der Waals surface area contributed by atoms with Gasteiger partial charge in [0.15, 0.2) is 5.82 Å². The minimum atomic E-state index is 0.514. The molecule has 2 heterocycles. The Labute approximate surface area is 126 Å². The average Bonchev–Trinajstić information content (AvgIpc) is 2.55. The zero-order valence-corrected chi connectivity index (χ0v) is 12.5. The van der Waals surface area contributed by atoms with E-state index >= 15 is 0 Å². The number of aryl methyl sites for hydroxylation is 1. The third-order valence-corrected chi connectivity index (χ3v) is 4.15. The average molecular weight is 282 g/mol. The lowest BCUT2D eigenvalue weighted by Gasteiger charge is -2.33. The van der Waals surface area contributed by atoms with E-state index < -0.39 is 0 Å². The van der Waals surface area contributed by atoms with E-state index in [1.807, 2.05) is 12.1 Å². The van der Waals surface area contributed by atoms with Crippen LogP contribution in [0.5, 0.6) is 0 Å². The van der Waals surface area contributed by atoms with Crippen LogP contribution in [0, 0.1) is 6.92 Å². The predicted molar refractivity (Wildman–Crippen MR) is 85.3 cm³/mol. The molecule has 1 aromatic heterocycles. The lowest BCUT2D eigenvalue weighted by molar-refractivity contribution is 0.419. The number of benzene rings is 1. The maximum Gasteiger partial charge on any atom is 0.151 e. The summed E-state index contributed by atoms with van der Waals surface area (Å²) in [5.74, 6) is 0.986. The first-order valence-corrected chi connectivity index (χ1v) is 7.63. The molecule has 0 aliphatic carbocycles. The summed E-state index contributed by atoms with van der Waals surface area (Å²) >= 11 is 0. The van der Waals surface area contributed by atoms with Gasteiger partial charge in [-0.15, -0.1) is 5.10 Å². The molecule has 2 aromatic rings. The van der Waals surface area contributed by atoms with Gasteiger partial charge in [0.2, 0.25) is 0 Å². The van der Waals surface area contributed by atoms with E-state index in [-0.39, 0.29) is 0 Å². The topological polar surface area (TPSA) is 41.0 Å². The van der Waals surface area contributed by atoms with Crippen molar-refractivity contribution in [3.63, 3.8) is 0 Å². The van der Waals surface area contributed by atoms with Gasteiger partial charge in [0.25, 0.3) is 0 Å². The fourth-order valence-electron chi connectivity index (χ4n) is 2.88. The molecule has 1 aromatic carbocycles. The number of piperidine rings is 1. The molecule has 1 unspecified atom stereocenters. The van der Waals surface area contributed by atoms with Crippen molar-refractivity contribution in [2.75, 3.05) is 18.0 Å². The lowest BCUT2D eigenvalue weighted by Crippen LogP contribution is -2.45. The van der Waals surface area contributed by atoms with E-state index in [2.05, 4.69) is 51.6 Å². The van der Waals surface area contributed by atoms with Gasteiger partial charge < -0.3 is 10.2 Å². The molecule has 4 nitrogen and oxygen atoms in total. The van der Waals surface area contributed by atoms with Gasteiger partial charge in [0, 0.05) is 31.9 Å². The zero-order valence-electron chi connectivity index (χ0n) is 12.5. The van der Waals surface area contributed by atoms with Crippen molar-refractivity contribution >= 4 is 5.82 Å². The van der Waals surface area contributed by atoms with Crippen LogP contribution in [-0.4, -0.2) is 29.3 Å². The first-order chi connectivity index (χ1) is 10.3.